The molecule has 1 fully saturated rings. The maximum Gasteiger partial charge on any atom is 0.435 e. The smallest absolute Gasteiger partial charge is 0.341 e. The molecule has 0 atom stereocenters. The van der Waals surface area contributed by atoms with Gasteiger partial charge in [0.15, 0.2) is 5.69 Å². The third-order valence-corrected chi connectivity index (χ3v) is 4.02. The second kappa shape index (κ2) is 4.79. The van der Waals surface area contributed by atoms with Crippen molar-refractivity contribution in [2.45, 2.75) is 44.8 Å². The van der Waals surface area contributed by atoms with Gasteiger partial charge >= 0.3 is 6.18 Å². The molecular formula is C13H16F3N3O. The molecule has 1 aliphatic carbocycles. The van der Waals surface area contributed by atoms with Crippen LogP contribution in [0.4, 0.5) is 13.2 Å². The van der Waals surface area contributed by atoms with Crippen molar-refractivity contribution >= 4 is 5.91 Å². The van der Waals surface area contributed by atoms with Crippen molar-refractivity contribution in [2.75, 3.05) is 13.1 Å². The van der Waals surface area contributed by atoms with E-state index in [4.69, 9.17) is 0 Å². The summed E-state index contributed by atoms with van der Waals surface area (Å²) < 4.78 is 40.0. The number of hydrogen-bond donors (Lipinski definition) is 0. The zero-order valence-corrected chi connectivity index (χ0v) is 11.0. The molecule has 0 unspecified atom stereocenters. The number of likely N-dealkylation sites (tertiary alicyclic amines) is 1. The van der Waals surface area contributed by atoms with E-state index in [0.29, 0.717) is 38.0 Å². The van der Waals surface area contributed by atoms with Crippen LogP contribution in [0.15, 0.2) is 0 Å². The van der Waals surface area contributed by atoms with Gasteiger partial charge in [0.25, 0.3) is 0 Å². The Morgan fingerprint density at radius 3 is 2.50 bits per heavy atom. The van der Waals surface area contributed by atoms with Gasteiger partial charge in [0.05, 0.1) is 0 Å². The highest BCUT2D eigenvalue weighted by molar-refractivity contribution is 5.76. The minimum absolute atomic E-state index is 0.0710. The molecule has 1 aromatic heterocycles. The first-order valence-electron chi connectivity index (χ1n) is 6.90. The summed E-state index contributed by atoms with van der Waals surface area (Å²) >= 11 is 0. The maximum atomic E-state index is 12.9. The van der Waals surface area contributed by atoms with Crippen LogP contribution in [0.1, 0.15) is 36.2 Å². The van der Waals surface area contributed by atoms with Crippen LogP contribution in [0.2, 0.25) is 0 Å². The first-order chi connectivity index (χ1) is 9.47. The number of carbonyl (C=O) groups is 1. The van der Waals surface area contributed by atoms with Crippen molar-refractivity contribution in [3.05, 3.63) is 17.0 Å². The van der Waals surface area contributed by atoms with E-state index in [-0.39, 0.29) is 18.0 Å². The monoisotopic (exact) mass is 287 g/mol. The molecule has 0 bridgehead atoms. The topological polar surface area (TPSA) is 38.1 Å². The van der Waals surface area contributed by atoms with Crippen LogP contribution < -0.4 is 0 Å². The first-order valence-corrected chi connectivity index (χ1v) is 6.90. The van der Waals surface area contributed by atoms with E-state index in [1.54, 1.807) is 4.90 Å². The van der Waals surface area contributed by atoms with Crippen molar-refractivity contribution in [2.24, 2.45) is 0 Å². The molecule has 2 heterocycles. The van der Waals surface area contributed by atoms with E-state index in [1.165, 1.54) is 4.68 Å². The molecule has 0 radical (unpaired) electrons. The molecule has 0 saturated carbocycles. The number of nitrogens with zero attached hydrogens (tertiary/aromatic N) is 3. The Bertz CT molecular complexity index is 530. The highest BCUT2D eigenvalue weighted by Crippen LogP contribution is 2.36. The zero-order chi connectivity index (χ0) is 14.3. The van der Waals surface area contributed by atoms with Gasteiger partial charge in [0, 0.05) is 24.3 Å². The second-order valence-corrected chi connectivity index (χ2v) is 5.37. The Morgan fingerprint density at radius 2 is 1.85 bits per heavy atom. The third kappa shape index (κ3) is 2.29. The number of halogens is 3. The highest BCUT2D eigenvalue weighted by Gasteiger charge is 2.40. The fourth-order valence-electron chi connectivity index (χ4n) is 3.06. The number of amides is 1. The number of alkyl halides is 3. The van der Waals surface area contributed by atoms with Crippen LogP contribution in [-0.2, 0) is 30.4 Å². The Kier molecular flexibility index (Phi) is 3.22. The fraction of sp³-hybridized carbons (Fsp3) is 0.692. The van der Waals surface area contributed by atoms with E-state index in [9.17, 15) is 18.0 Å². The van der Waals surface area contributed by atoms with E-state index in [1.807, 2.05) is 0 Å². The van der Waals surface area contributed by atoms with Crippen molar-refractivity contribution in [1.29, 1.82) is 0 Å². The fourth-order valence-corrected chi connectivity index (χ4v) is 3.06. The lowest BCUT2D eigenvalue weighted by atomic mass is 10.2. The average Bonchev–Trinajstić information content (AvgIpc) is 3.04. The van der Waals surface area contributed by atoms with E-state index >= 15 is 0 Å². The summed E-state index contributed by atoms with van der Waals surface area (Å²) in [5, 5.41) is 3.66. The van der Waals surface area contributed by atoms with Gasteiger partial charge in [0.2, 0.25) is 5.91 Å². The lowest BCUT2D eigenvalue weighted by molar-refractivity contribution is -0.142. The number of fused-ring (bicyclic) bond motifs is 1. The highest BCUT2D eigenvalue weighted by atomic mass is 19.4. The van der Waals surface area contributed by atoms with Crippen molar-refractivity contribution in [3.63, 3.8) is 0 Å². The van der Waals surface area contributed by atoms with E-state index in [2.05, 4.69) is 5.10 Å². The molecule has 3 rings (SSSR count). The predicted octanol–water partition coefficient (Wildman–Crippen LogP) is 2.01. The Hall–Kier alpha value is -1.53. The summed E-state index contributed by atoms with van der Waals surface area (Å²) in [5.41, 5.74) is 0.0656. The molecule has 0 aromatic carbocycles. The van der Waals surface area contributed by atoms with Gasteiger partial charge in [-0.2, -0.15) is 18.3 Å². The Balaban J connectivity index is 1.85. The normalized spacial score (nSPS) is 18.6. The SMILES string of the molecule is O=C(Cn1nc(C(F)(F)F)c2c1CCC2)N1CCCC1. The van der Waals surface area contributed by atoms with Crippen molar-refractivity contribution in [3.8, 4) is 0 Å². The minimum atomic E-state index is -4.43. The quantitative estimate of drug-likeness (QED) is 0.834. The summed E-state index contributed by atoms with van der Waals surface area (Å²) in [6.07, 6.45) is -0.814. The summed E-state index contributed by atoms with van der Waals surface area (Å²) in [4.78, 5) is 13.8. The van der Waals surface area contributed by atoms with Gasteiger partial charge in [-0.3, -0.25) is 9.48 Å². The largest absolute Gasteiger partial charge is 0.435 e. The summed E-state index contributed by atoms with van der Waals surface area (Å²) in [7, 11) is 0. The lowest BCUT2D eigenvalue weighted by Gasteiger charge is -2.15. The number of carbonyl (C=O) groups excluding carboxylic acids is 1. The van der Waals surface area contributed by atoms with Gasteiger partial charge in [0.1, 0.15) is 6.54 Å². The number of aromatic nitrogens is 2. The van der Waals surface area contributed by atoms with E-state index < -0.39 is 11.9 Å². The van der Waals surface area contributed by atoms with Crippen molar-refractivity contribution in [1.82, 2.24) is 14.7 Å². The summed E-state index contributed by atoms with van der Waals surface area (Å²) in [5.74, 6) is -0.131. The molecule has 20 heavy (non-hydrogen) atoms. The minimum Gasteiger partial charge on any atom is -0.341 e. The molecule has 1 saturated heterocycles. The number of rotatable bonds is 2. The molecule has 1 amide bonds. The van der Waals surface area contributed by atoms with Crippen LogP contribution in [0.25, 0.3) is 0 Å². The molecule has 0 N–H and O–H groups in total. The van der Waals surface area contributed by atoms with Gasteiger partial charge in [-0.1, -0.05) is 0 Å². The van der Waals surface area contributed by atoms with Crippen LogP contribution in [0.5, 0.6) is 0 Å². The lowest BCUT2D eigenvalue weighted by Crippen LogP contribution is -2.31. The van der Waals surface area contributed by atoms with E-state index in [0.717, 1.165) is 12.8 Å². The van der Waals surface area contributed by atoms with Crippen LogP contribution in [0, 0.1) is 0 Å². The molecule has 110 valence electrons. The molecule has 2 aliphatic rings. The first kappa shape index (κ1) is 13.5. The van der Waals surface area contributed by atoms with Crippen LogP contribution in [0.3, 0.4) is 0 Å². The Morgan fingerprint density at radius 1 is 1.15 bits per heavy atom. The summed E-state index contributed by atoms with van der Waals surface area (Å²) in [6, 6.07) is 0. The molecule has 4 nitrogen and oxygen atoms in total. The molecule has 1 aliphatic heterocycles. The van der Waals surface area contributed by atoms with Crippen LogP contribution in [-0.4, -0.2) is 33.7 Å². The molecule has 7 heteroatoms. The molecule has 0 spiro atoms. The second-order valence-electron chi connectivity index (χ2n) is 5.37. The average molecular weight is 287 g/mol. The Labute approximate surface area is 114 Å². The third-order valence-electron chi connectivity index (χ3n) is 4.02. The van der Waals surface area contributed by atoms with Gasteiger partial charge in [-0.05, 0) is 32.1 Å². The van der Waals surface area contributed by atoms with Crippen LogP contribution >= 0.6 is 0 Å². The molecule has 1 aromatic rings. The maximum absolute atomic E-state index is 12.9. The summed E-state index contributed by atoms with van der Waals surface area (Å²) in [6.45, 7) is 1.33. The number of hydrogen-bond acceptors (Lipinski definition) is 2. The van der Waals surface area contributed by atoms with Crippen molar-refractivity contribution < 1.29 is 18.0 Å². The standard InChI is InChI=1S/C13H16F3N3O/c14-13(15,16)12-9-4-3-5-10(9)19(17-12)8-11(20)18-6-1-2-7-18/h1-8H2. The van der Waals surface area contributed by atoms with Gasteiger partial charge in [-0.25, -0.2) is 0 Å². The molecular weight excluding hydrogens is 271 g/mol. The predicted molar refractivity (Wildman–Crippen MR) is 65.1 cm³/mol. The van der Waals surface area contributed by atoms with Gasteiger partial charge < -0.3 is 4.90 Å². The zero-order valence-electron chi connectivity index (χ0n) is 11.0. The van der Waals surface area contributed by atoms with Gasteiger partial charge in [-0.15, -0.1) is 0 Å².